The van der Waals surface area contributed by atoms with Gasteiger partial charge in [-0.1, -0.05) is 71.5 Å². The number of nitrogens with one attached hydrogen (secondary N) is 2. The van der Waals surface area contributed by atoms with Crippen LogP contribution in [0.25, 0.3) is 0 Å². The smallest absolute Gasteiger partial charge is 0.408 e. The molecule has 0 aliphatic heterocycles. The number of amides is 2. The number of esters is 1. The standard InChI is InChI=1S/C25H24N4O7S2/c30-22(27-15-23(31)35-16-18-8-3-1-4-9-18)14-28-25(32)36-21(19-10-5-2-6-11-19)17-37-38-24-20(29(33)34)12-7-13-26-24/h1-13,21H,14-17H2,(H,27,30)(H,28,32). The fraction of sp³-hybridized carbons (Fsp3) is 0.200. The lowest BCUT2D eigenvalue weighted by molar-refractivity contribution is -0.388. The molecule has 0 aliphatic rings. The summed E-state index contributed by atoms with van der Waals surface area (Å²) in [5.41, 5.74) is 1.41. The number of pyridine rings is 1. The van der Waals surface area contributed by atoms with Crippen LogP contribution in [-0.2, 0) is 25.7 Å². The van der Waals surface area contributed by atoms with Crippen molar-refractivity contribution < 1.29 is 28.8 Å². The maximum Gasteiger partial charge on any atom is 0.408 e. The number of carbonyl (C=O) groups excluding carboxylic acids is 3. The summed E-state index contributed by atoms with van der Waals surface area (Å²) < 4.78 is 10.6. The number of hydrogen-bond donors (Lipinski definition) is 2. The van der Waals surface area contributed by atoms with Crippen LogP contribution in [0.2, 0.25) is 0 Å². The first-order valence-electron chi connectivity index (χ1n) is 11.3. The molecule has 0 fully saturated rings. The molecule has 1 aromatic heterocycles. The summed E-state index contributed by atoms with van der Waals surface area (Å²) >= 11 is 0. The van der Waals surface area contributed by atoms with E-state index in [0.717, 1.165) is 16.4 Å². The van der Waals surface area contributed by atoms with Gasteiger partial charge in [0.15, 0.2) is 5.03 Å². The van der Waals surface area contributed by atoms with Gasteiger partial charge in [-0.3, -0.25) is 19.7 Å². The highest BCUT2D eigenvalue weighted by Gasteiger charge is 2.20. The van der Waals surface area contributed by atoms with Gasteiger partial charge in [0.1, 0.15) is 25.8 Å². The van der Waals surface area contributed by atoms with Gasteiger partial charge in [-0.15, -0.1) is 0 Å². The van der Waals surface area contributed by atoms with E-state index in [1.54, 1.807) is 24.3 Å². The molecule has 3 rings (SSSR count). The van der Waals surface area contributed by atoms with Gasteiger partial charge in [0.2, 0.25) is 5.91 Å². The van der Waals surface area contributed by atoms with Crippen LogP contribution in [0.1, 0.15) is 17.2 Å². The van der Waals surface area contributed by atoms with Crippen LogP contribution in [0.5, 0.6) is 0 Å². The molecule has 13 heteroatoms. The van der Waals surface area contributed by atoms with Crippen molar-refractivity contribution in [1.82, 2.24) is 15.6 Å². The third-order valence-electron chi connectivity index (χ3n) is 4.79. The second-order valence-corrected chi connectivity index (χ2v) is 9.86. The lowest BCUT2D eigenvalue weighted by Gasteiger charge is -2.18. The Hall–Kier alpha value is -4.10. The highest BCUT2D eigenvalue weighted by Crippen LogP contribution is 2.38. The van der Waals surface area contributed by atoms with E-state index in [2.05, 4.69) is 15.6 Å². The van der Waals surface area contributed by atoms with E-state index in [-0.39, 0.29) is 29.6 Å². The zero-order valence-corrected chi connectivity index (χ0v) is 21.6. The Morgan fingerprint density at radius 2 is 1.66 bits per heavy atom. The number of nitrogens with zero attached hydrogens (tertiary/aromatic N) is 2. The molecule has 2 aromatic carbocycles. The number of ether oxygens (including phenoxy) is 2. The van der Waals surface area contributed by atoms with Crippen LogP contribution in [0.15, 0.2) is 84.0 Å². The molecule has 198 valence electrons. The van der Waals surface area contributed by atoms with E-state index in [1.807, 2.05) is 36.4 Å². The topological polar surface area (TPSA) is 150 Å². The summed E-state index contributed by atoms with van der Waals surface area (Å²) in [5.74, 6) is -0.950. The summed E-state index contributed by atoms with van der Waals surface area (Å²) in [7, 11) is 2.34. The number of aromatic nitrogens is 1. The normalized spacial score (nSPS) is 11.2. The molecular weight excluding hydrogens is 532 g/mol. The van der Waals surface area contributed by atoms with Gasteiger partial charge >= 0.3 is 17.7 Å². The Kier molecular flexibility index (Phi) is 11.4. The van der Waals surface area contributed by atoms with Crippen molar-refractivity contribution in [2.45, 2.75) is 17.7 Å². The van der Waals surface area contributed by atoms with Crippen molar-refractivity contribution in [3.8, 4) is 0 Å². The average molecular weight is 557 g/mol. The second kappa shape index (κ2) is 15.2. The zero-order chi connectivity index (χ0) is 27.2. The predicted molar refractivity (Wildman–Crippen MR) is 142 cm³/mol. The first-order chi connectivity index (χ1) is 18.4. The third-order valence-corrected chi connectivity index (χ3v) is 7.06. The number of nitro groups is 1. The molecule has 0 aliphatic carbocycles. The number of benzene rings is 2. The lowest BCUT2D eigenvalue weighted by Crippen LogP contribution is -2.40. The van der Waals surface area contributed by atoms with Gasteiger partial charge in [0, 0.05) is 18.0 Å². The van der Waals surface area contributed by atoms with E-state index < -0.39 is 35.5 Å². The van der Waals surface area contributed by atoms with E-state index in [0.29, 0.717) is 5.56 Å². The van der Waals surface area contributed by atoms with E-state index in [1.165, 1.54) is 29.1 Å². The first-order valence-corrected chi connectivity index (χ1v) is 13.6. The molecule has 3 aromatic rings. The highest BCUT2D eigenvalue weighted by molar-refractivity contribution is 8.76. The second-order valence-electron chi connectivity index (χ2n) is 7.53. The van der Waals surface area contributed by atoms with Crippen molar-refractivity contribution in [2.75, 3.05) is 18.8 Å². The van der Waals surface area contributed by atoms with Crippen molar-refractivity contribution in [3.05, 3.63) is 100 Å². The average Bonchev–Trinajstić information content (AvgIpc) is 2.94. The van der Waals surface area contributed by atoms with E-state index in [9.17, 15) is 24.5 Å². The maximum absolute atomic E-state index is 12.4. The predicted octanol–water partition coefficient (Wildman–Crippen LogP) is 4.06. The molecular formula is C25H24N4O7S2. The number of hydrogen-bond acceptors (Lipinski definition) is 10. The SMILES string of the molecule is O=C(CNC(=O)OC(CSSc1ncccc1[N+](=O)[O-])c1ccccc1)NCC(=O)OCc1ccccc1. The molecule has 0 saturated carbocycles. The van der Waals surface area contributed by atoms with Crippen molar-refractivity contribution in [3.63, 3.8) is 0 Å². The third kappa shape index (κ3) is 9.75. The first kappa shape index (κ1) is 28.5. The van der Waals surface area contributed by atoms with Crippen LogP contribution in [0.3, 0.4) is 0 Å². The van der Waals surface area contributed by atoms with Crippen molar-refractivity contribution in [1.29, 1.82) is 0 Å². The summed E-state index contributed by atoms with van der Waals surface area (Å²) in [6.07, 6.45) is -0.0784. The Morgan fingerprint density at radius 3 is 2.37 bits per heavy atom. The monoisotopic (exact) mass is 556 g/mol. The van der Waals surface area contributed by atoms with Gasteiger partial charge in [0.25, 0.3) is 0 Å². The number of rotatable bonds is 13. The lowest BCUT2D eigenvalue weighted by atomic mass is 10.1. The summed E-state index contributed by atoms with van der Waals surface area (Å²) in [4.78, 5) is 51.0. The minimum Gasteiger partial charge on any atom is -0.460 e. The van der Waals surface area contributed by atoms with E-state index in [4.69, 9.17) is 9.47 Å². The van der Waals surface area contributed by atoms with Crippen molar-refractivity contribution >= 4 is 45.2 Å². The number of carbonyl (C=O) groups is 3. The summed E-state index contributed by atoms with van der Waals surface area (Å²) in [6.45, 7) is -0.665. The number of alkyl carbamates (subject to hydrolysis) is 1. The van der Waals surface area contributed by atoms with Crippen LogP contribution < -0.4 is 10.6 Å². The van der Waals surface area contributed by atoms with Crippen LogP contribution in [0.4, 0.5) is 10.5 Å². The van der Waals surface area contributed by atoms with Crippen LogP contribution in [0, 0.1) is 10.1 Å². The molecule has 1 atom stereocenters. The molecule has 1 unspecified atom stereocenters. The summed E-state index contributed by atoms with van der Waals surface area (Å²) in [5, 5.41) is 16.2. The Labute approximate surface area is 226 Å². The fourth-order valence-electron chi connectivity index (χ4n) is 2.95. The van der Waals surface area contributed by atoms with Gasteiger partial charge in [-0.2, -0.15) is 0 Å². The fourth-order valence-corrected chi connectivity index (χ4v) is 5.14. The minimum atomic E-state index is -0.838. The van der Waals surface area contributed by atoms with Crippen LogP contribution in [-0.4, -0.2) is 46.7 Å². The van der Waals surface area contributed by atoms with Gasteiger partial charge in [0.05, 0.1) is 4.92 Å². The van der Waals surface area contributed by atoms with Gasteiger partial charge in [-0.05, 0) is 28.0 Å². The Morgan fingerprint density at radius 1 is 0.947 bits per heavy atom. The maximum atomic E-state index is 12.4. The largest absolute Gasteiger partial charge is 0.460 e. The molecule has 2 N–H and O–H groups in total. The van der Waals surface area contributed by atoms with Gasteiger partial charge < -0.3 is 20.1 Å². The van der Waals surface area contributed by atoms with Crippen molar-refractivity contribution in [2.24, 2.45) is 0 Å². The Balaban J connectivity index is 1.44. The molecule has 0 spiro atoms. The summed E-state index contributed by atoms with van der Waals surface area (Å²) in [6, 6.07) is 20.9. The molecule has 2 amide bonds. The van der Waals surface area contributed by atoms with Gasteiger partial charge in [-0.25, -0.2) is 9.78 Å². The highest BCUT2D eigenvalue weighted by atomic mass is 33.1. The quantitative estimate of drug-likeness (QED) is 0.137. The van der Waals surface area contributed by atoms with E-state index >= 15 is 0 Å². The molecule has 0 radical (unpaired) electrons. The Bertz CT molecular complexity index is 1230. The molecule has 0 saturated heterocycles. The minimum absolute atomic E-state index is 0.0883. The molecule has 38 heavy (non-hydrogen) atoms. The zero-order valence-electron chi connectivity index (χ0n) is 20.0. The molecule has 0 bridgehead atoms. The van der Waals surface area contributed by atoms with Crippen LogP contribution >= 0.6 is 21.6 Å². The molecule has 1 heterocycles. The molecule has 11 nitrogen and oxygen atoms in total.